The number of amides is 1. The SMILES string of the molecule is CC1CCCN(C(=O)C2COc3ccccc32)C1C(=O)O. The van der Waals surface area contributed by atoms with Gasteiger partial charge in [0.1, 0.15) is 24.3 Å². The maximum atomic E-state index is 12.8. The average molecular weight is 289 g/mol. The van der Waals surface area contributed by atoms with Gasteiger partial charge >= 0.3 is 5.97 Å². The van der Waals surface area contributed by atoms with Crippen LogP contribution in [0, 0.1) is 5.92 Å². The third-order valence-corrected chi connectivity index (χ3v) is 4.47. The molecule has 1 aromatic rings. The Labute approximate surface area is 123 Å². The lowest BCUT2D eigenvalue weighted by Gasteiger charge is -2.38. The highest BCUT2D eigenvalue weighted by molar-refractivity contribution is 5.89. The van der Waals surface area contributed by atoms with Crippen LogP contribution in [-0.2, 0) is 9.59 Å². The number of likely N-dealkylation sites (tertiary alicyclic amines) is 1. The van der Waals surface area contributed by atoms with Crippen molar-refractivity contribution in [2.24, 2.45) is 5.92 Å². The summed E-state index contributed by atoms with van der Waals surface area (Å²) in [5.74, 6) is -0.708. The summed E-state index contributed by atoms with van der Waals surface area (Å²) in [5, 5.41) is 9.44. The quantitative estimate of drug-likeness (QED) is 0.902. The highest BCUT2D eigenvalue weighted by Crippen LogP contribution is 2.36. The van der Waals surface area contributed by atoms with Crippen LogP contribution in [0.1, 0.15) is 31.2 Å². The number of rotatable bonds is 2. The van der Waals surface area contributed by atoms with E-state index in [2.05, 4.69) is 0 Å². The van der Waals surface area contributed by atoms with E-state index in [4.69, 9.17) is 4.74 Å². The monoisotopic (exact) mass is 289 g/mol. The van der Waals surface area contributed by atoms with E-state index in [0.29, 0.717) is 13.2 Å². The lowest BCUT2D eigenvalue weighted by atomic mass is 9.89. The summed E-state index contributed by atoms with van der Waals surface area (Å²) in [6.07, 6.45) is 1.70. The molecule has 0 aliphatic carbocycles. The van der Waals surface area contributed by atoms with Gasteiger partial charge in [-0.25, -0.2) is 4.79 Å². The highest BCUT2D eigenvalue weighted by Gasteiger charge is 2.41. The topological polar surface area (TPSA) is 66.8 Å². The molecule has 3 unspecified atom stereocenters. The Morgan fingerprint density at radius 1 is 1.33 bits per heavy atom. The number of benzene rings is 1. The van der Waals surface area contributed by atoms with E-state index >= 15 is 0 Å². The van der Waals surface area contributed by atoms with Crippen LogP contribution in [0.4, 0.5) is 0 Å². The van der Waals surface area contributed by atoms with Crippen molar-refractivity contribution in [3.8, 4) is 5.75 Å². The molecule has 1 amide bonds. The van der Waals surface area contributed by atoms with Gasteiger partial charge in [-0.15, -0.1) is 0 Å². The van der Waals surface area contributed by atoms with Crippen molar-refractivity contribution in [1.82, 2.24) is 4.90 Å². The molecule has 21 heavy (non-hydrogen) atoms. The molecule has 5 nitrogen and oxygen atoms in total. The van der Waals surface area contributed by atoms with Gasteiger partial charge in [0.25, 0.3) is 0 Å². The molecule has 1 fully saturated rings. The number of carbonyl (C=O) groups is 2. The van der Waals surface area contributed by atoms with Crippen molar-refractivity contribution in [3.63, 3.8) is 0 Å². The molecule has 2 heterocycles. The summed E-state index contributed by atoms with van der Waals surface area (Å²) in [7, 11) is 0. The Kier molecular flexibility index (Phi) is 3.57. The number of ether oxygens (including phenoxy) is 1. The molecule has 0 aromatic heterocycles. The van der Waals surface area contributed by atoms with Crippen LogP contribution in [0.5, 0.6) is 5.75 Å². The first-order chi connectivity index (χ1) is 10.1. The molecule has 1 N–H and O–H groups in total. The van der Waals surface area contributed by atoms with E-state index < -0.39 is 12.0 Å². The van der Waals surface area contributed by atoms with E-state index in [-0.39, 0.29) is 17.7 Å². The van der Waals surface area contributed by atoms with Crippen LogP contribution in [0.15, 0.2) is 24.3 Å². The molecule has 3 rings (SSSR count). The zero-order chi connectivity index (χ0) is 15.0. The zero-order valence-corrected chi connectivity index (χ0v) is 12.0. The Morgan fingerprint density at radius 3 is 2.86 bits per heavy atom. The molecular weight excluding hydrogens is 270 g/mol. The second kappa shape index (κ2) is 5.39. The van der Waals surface area contributed by atoms with Gasteiger partial charge in [-0.05, 0) is 24.8 Å². The predicted molar refractivity (Wildman–Crippen MR) is 76.2 cm³/mol. The number of aliphatic carboxylic acids is 1. The minimum absolute atomic E-state index is 0.0160. The van der Waals surface area contributed by atoms with E-state index in [1.165, 1.54) is 4.90 Å². The largest absolute Gasteiger partial charge is 0.492 e. The lowest BCUT2D eigenvalue weighted by molar-refractivity contribution is -0.155. The summed E-state index contributed by atoms with van der Waals surface area (Å²) in [6, 6.07) is 6.75. The minimum Gasteiger partial charge on any atom is -0.492 e. The number of piperidine rings is 1. The second-order valence-corrected chi connectivity index (χ2v) is 5.84. The summed E-state index contributed by atoms with van der Waals surface area (Å²) in [5.41, 5.74) is 0.866. The average Bonchev–Trinajstić information content (AvgIpc) is 2.89. The van der Waals surface area contributed by atoms with Gasteiger partial charge in [0, 0.05) is 12.1 Å². The molecule has 5 heteroatoms. The van der Waals surface area contributed by atoms with Gasteiger partial charge in [-0.1, -0.05) is 25.1 Å². The second-order valence-electron chi connectivity index (χ2n) is 5.84. The van der Waals surface area contributed by atoms with E-state index in [9.17, 15) is 14.7 Å². The molecule has 1 saturated heterocycles. The van der Waals surface area contributed by atoms with Crippen LogP contribution < -0.4 is 4.74 Å². The molecule has 0 spiro atoms. The summed E-state index contributed by atoms with van der Waals surface area (Å²) in [4.78, 5) is 25.9. The molecule has 2 aliphatic heterocycles. The fourth-order valence-electron chi connectivity index (χ4n) is 3.38. The Morgan fingerprint density at radius 2 is 2.10 bits per heavy atom. The first-order valence-electron chi connectivity index (χ1n) is 7.34. The normalized spacial score (nSPS) is 27.9. The van der Waals surface area contributed by atoms with Crippen molar-refractivity contribution >= 4 is 11.9 Å². The van der Waals surface area contributed by atoms with Crippen LogP contribution in [0.3, 0.4) is 0 Å². The number of hydrogen-bond acceptors (Lipinski definition) is 3. The molecule has 1 aromatic carbocycles. The van der Waals surface area contributed by atoms with Crippen LogP contribution in [-0.4, -0.2) is 41.1 Å². The Hall–Kier alpha value is -2.04. The van der Waals surface area contributed by atoms with Gasteiger partial charge < -0.3 is 14.7 Å². The van der Waals surface area contributed by atoms with Crippen molar-refractivity contribution < 1.29 is 19.4 Å². The third-order valence-electron chi connectivity index (χ3n) is 4.47. The summed E-state index contributed by atoms with van der Waals surface area (Å²) >= 11 is 0. The van der Waals surface area contributed by atoms with Crippen LogP contribution in [0.25, 0.3) is 0 Å². The van der Waals surface area contributed by atoms with Crippen molar-refractivity contribution in [2.45, 2.75) is 31.7 Å². The number of carboxylic acids is 1. The molecule has 0 radical (unpaired) electrons. The van der Waals surface area contributed by atoms with Gasteiger partial charge in [-0.3, -0.25) is 4.79 Å². The van der Waals surface area contributed by atoms with Gasteiger partial charge in [0.05, 0.1) is 0 Å². The number of fused-ring (bicyclic) bond motifs is 1. The molecule has 2 aliphatic rings. The fraction of sp³-hybridized carbons (Fsp3) is 0.500. The summed E-state index contributed by atoms with van der Waals surface area (Å²) < 4.78 is 5.55. The Balaban J connectivity index is 1.86. The smallest absolute Gasteiger partial charge is 0.326 e. The zero-order valence-electron chi connectivity index (χ0n) is 12.0. The fourth-order valence-corrected chi connectivity index (χ4v) is 3.38. The molecular formula is C16H19NO4. The number of hydrogen-bond donors (Lipinski definition) is 1. The number of carboxylic acid groups (broad SMARTS) is 1. The molecule has 0 bridgehead atoms. The van der Waals surface area contributed by atoms with Gasteiger partial charge in [-0.2, -0.15) is 0 Å². The van der Waals surface area contributed by atoms with Crippen LogP contribution >= 0.6 is 0 Å². The Bertz CT molecular complexity index is 571. The number of nitrogens with zero attached hydrogens (tertiary/aromatic N) is 1. The van der Waals surface area contributed by atoms with E-state index in [0.717, 1.165) is 24.2 Å². The maximum absolute atomic E-state index is 12.8. The van der Waals surface area contributed by atoms with E-state index in [1.807, 2.05) is 31.2 Å². The first-order valence-corrected chi connectivity index (χ1v) is 7.34. The summed E-state index contributed by atoms with van der Waals surface area (Å²) in [6.45, 7) is 2.71. The maximum Gasteiger partial charge on any atom is 0.326 e. The molecule has 112 valence electrons. The van der Waals surface area contributed by atoms with Crippen molar-refractivity contribution in [3.05, 3.63) is 29.8 Å². The van der Waals surface area contributed by atoms with Gasteiger partial charge in [0.15, 0.2) is 0 Å². The highest BCUT2D eigenvalue weighted by atomic mass is 16.5. The standard InChI is InChI=1S/C16H19NO4/c1-10-5-4-8-17(14(10)16(19)20)15(18)12-9-21-13-7-3-2-6-11(12)13/h2-3,6-7,10,12,14H,4-5,8-9H2,1H3,(H,19,20). The van der Waals surface area contributed by atoms with Crippen molar-refractivity contribution in [1.29, 1.82) is 0 Å². The third kappa shape index (κ3) is 2.37. The van der Waals surface area contributed by atoms with E-state index in [1.54, 1.807) is 0 Å². The minimum atomic E-state index is -0.914. The molecule has 0 saturated carbocycles. The predicted octanol–water partition coefficient (Wildman–Crippen LogP) is 1.87. The van der Waals surface area contributed by atoms with Gasteiger partial charge in [0.2, 0.25) is 5.91 Å². The molecule has 3 atom stereocenters. The first kappa shape index (κ1) is 13.9. The van der Waals surface area contributed by atoms with Crippen molar-refractivity contribution in [2.75, 3.05) is 13.2 Å². The number of para-hydroxylation sites is 1. The number of carbonyl (C=O) groups excluding carboxylic acids is 1. The lowest BCUT2D eigenvalue weighted by Crippen LogP contribution is -2.53. The van der Waals surface area contributed by atoms with Crippen LogP contribution in [0.2, 0.25) is 0 Å².